The minimum Gasteiger partial charge on any atom is -0.405 e. The number of ether oxygens (including phenoxy) is 1. The Morgan fingerprint density at radius 3 is 2.59 bits per heavy atom. The van der Waals surface area contributed by atoms with E-state index in [2.05, 4.69) is 4.74 Å². The summed E-state index contributed by atoms with van der Waals surface area (Å²) in [5.41, 5.74) is 11.4. The number of hydrogen-bond donors (Lipinski definition) is 2. The van der Waals surface area contributed by atoms with E-state index in [0.29, 0.717) is 18.7 Å². The van der Waals surface area contributed by atoms with Gasteiger partial charge in [-0.3, -0.25) is 0 Å². The van der Waals surface area contributed by atoms with Crippen molar-refractivity contribution in [3.8, 4) is 5.75 Å². The Morgan fingerprint density at radius 2 is 2.00 bits per heavy atom. The summed E-state index contributed by atoms with van der Waals surface area (Å²) in [6.45, 7) is 0.425. The molecule has 0 aliphatic heterocycles. The molecule has 1 aromatic rings. The number of benzene rings is 1. The van der Waals surface area contributed by atoms with E-state index in [9.17, 15) is 13.2 Å². The molecule has 0 aromatic heterocycles. The molecule has 4 N–H and O–H groups in total. The number of hydrogen-bond acceptors (Lipinski definition) is 3. The first-order valence-electron chi connectivity index (χ1n) is 4.94. The lowest BCUT2D eigenvalue weighted by atomic mass is 10.1. The minimum absolute atomic E-state index is 0.274. The van der Waals surface area contributed by atoms with Crippen molar-refractivity contribution in [2.75, 3.05) is 12.3 Å². The van der Waals surface area contributed by atoms with Gasteiger partial charge in [-0.25, -0.2) is 0 Å². The molecule has 3 nitrogen and oxygen atoms in total. The summed E-state index contributed by atoms with van der Waals surface area (Å²) in [5, 5.41) is 0. The largest absolute Gasteiger partial charge is 0.573 e. The Morgan fingerprint density at radius 1 is 1.29 bits per heavy atom. The summed E-state index contributed by atoms with van der Waals surface area (Å²) in [7, 11) is 0. The maximum atomic E-state index is 12.1. The van der Waals surface area contributed by atoms with Crippen LogP contribution in [0.2, 0.25) is 0 Å². The van der Waals surface area contributed by atoms with Crippen LogP contribution in [0.25, 0.3) is 6.08 Å². The molecule has 0 unspecified atom stereocenters. The van der Waals surface area contributed by atoms with E-state index in [1.165, 1.54) is 24.3 Å². The van der Waals surface area contributed by atoms with Crippen molar-refractivity contribution in [3.63, 3.8) is 0 Å². The van der Waals surface area contributed by atoms with E-state index in [1.807, 2.05) is 0 Å². The molecular weight excluding hydrogens is 233 g/mol. The Kier molecular flexibility index (Phi) is 4.39. The van der Waals surface area contributed by atoms with Gasteiger partial charge in [-0.05, 0) is 31.2 Å². The first-order valence-corrected chi connectivity index (χ1v) is 4.94. The van der Waals surface area contributed by atoms with Crippen LogP contribution < -0.4 is 16.2 Å². The zero-order valence-corrected chi connectivity index (χ0v) is 9.00. The average molecular weight is 246 g/mol. The van der Waals surface area contributed by atoms with Gasteiger partial charge >= 0.3 is 6.36 Å². The van der Waals surface area contributed by atoms with Crippen LogP contribution in [0.3, 0.4) is 0 Å². The highest BCUT2D eigenvalue weighted by Crippen LogP contribution is 2.28. The van der Waals surface area contributed by atoms with Crippen molar-refractivity contribution in [1.29, 1.82) is 0 Å². The number of nitrogen functional groups attached to an aromatic ring is 1. The third-order valence-corrected chi connectivity index (χ3v) is 1.89. The topological polar surface area (TPSA) is 61.3 Å². The van der Waals surface area contributed by atoms with Gasteiger partial charge in [0.25, 0.3) is 0 Å². The van der Waals surface area contributed by atoms with E-state index in [1.54, 1.807) is 6.08 Å². The number of nitrogens with two attached hydrogens (primary N) is 2. The van der Waals surface area contributed by atoms with E-state index in [-0.39, 0.29) is 11.3 Å². The molecule has 0 heterocycles. The summed E-state index contributed by atoms with van der Waals surface area (Å²) < 4.78 is 40.2. The SMILES string of the molecule is NCCC=Cc1cc(N)ccc1OC(F)(F)F. The Labute approximate surface area is 96.9 Å². The van der Waals surface area contributed by atoms with Crippen LogP contribution in [0.15, 0.2) is 24.3 Å². The average Bonchev–Trinajstić information content (AvgIpc) is 2.20. The molecule has 0 atom stereocenters. The molecule has 17 heavy (non-hydrogen) atoms. The van der Waals surface area contributed by atoms with E-state index >= 15 is 0 Å². The highest BCUT2D eigenvalue weighted by molar-refractivity contribution is 5.62. The molecule has 0 bridgehead atoms. The summed E-state index contributed by atoms with van der Waals surface area (Å²) in [4.78, 5) is 0. The van der Waals surface area contributed by atoms with Crippen LogP contribution >= 0.6 is 0 Å². The standard InChI is InChI=1S/C11H13F3N2O/c12-11(13,14)17-10-5-4-9(16)7-8(10)3-1-2-6-15/h1,3-5,7H,2,6,15-16H2. The third-order valence-electron chi connectivity index (χ3n) is 1.89. The highest BCUT2D eigenvalue weighted by Gasteiger charge is 2.31. The van der Waals surface area contributed by atoms with Crippen molar-refractivity contribution in [1.82, 2.24) is 0 Å². The first-order chi connectivity index (χ1) is 7.92. The Bertz CT molecular complexity index is 402. The second-order valence-electron chi connectivity index (χ2n) is 3.32. The fourth-order valence-corrected chi connectivity index (χ4v) is 1.22. The molecule has 0 amide bonds. The normalized spacial score (nSPS) is 12.0. The molecule has 1 aromatic carbocycles. The molecule has 0 saturated heterocycles. The molecule has 1 rings (SSSR count). The van der Waals surface area contributed by atoms with Crippen LogP contribution in [-0.2, 0) is 0 Å². The lowest BCUT2D eigenvalue weighted by Gasteiger charge is -2.11. The van der Waals surface area contributed by atoms with Crippen molar-refractivity contribution >= 4 is 11.8 Å². The Hall–Kier alpha value is -1.69. The second kappa shape index (κ2) is 5.58. The zero-order valence-electron chi connectivity index (χ0n) is 9.00. The highest BCUT2D eigenvalue weighted by atomic mass is 19.4. The summed E-state index contributed by atoms with van der Waals surface area (Å²) in [6.07, 6.45) is -0.977. The molecule has 94 valence electrons. The molecule has 0 saturated carbocycles. The predicted molar refractivity (Wildman–Crippen MR) is 60.2 cm³/mol. The third kappa shape index (κ3) is 4.78. The number of halogens is 3. The fraction of sp³-hybridized carbons (Fsp3) is 0.273. The number of anilines is 1. The fourth-order valence-electron chi connectivity index (χ4n) is 1.22. The van der Waals surface area contributed by atoms with Crippen molar-refractivity contribution in [2.45, 2.75) is 12.8 Å². The summed E-state index contributed by atoms with van der Waals surface area (Å²) in [5.74, 6) is -0.278. The van der Waals surface area contributed by atoms with Gasteiger partial charge in [0, 0.05) is 11.3 Å². The van der Waals surface area contributed by atoms with Crippen LogP contribution in [0.4, 0.5) is 18.9 Å². The van der Waals surface area contributed by atoms with Crippen LogP contribution in [-0.4, -0.2) is 12.9 Å². The van der Waals surface area contributed by atoms with Gasteiger partial charge in [0.2, 0.25) is 0 Å². The Balaban J connectivity index is 2.95. The lowest BCUT2D eigenvalue weighted by Crippen LogP contribution is -2.17. The maximum Gasteiger partial charge on any atom is 0.573 e. The predicted octanol–water partition coefficient (Wildman–Crippen LogP) is 2.53. The maximum absolute atomic E-state index is 12.1. The zero-order chi connectivity index (χ0) is 12.9. The van der Waals surface area contributed by atoms with Gasteiger partial charge in [-0.2, -0.15) is 0 Å². The van der Waals surface area contributed by atoms with Crippen molar-refractivity contribution in [2.24, 2.45) is 5.73 Å². The van der Waals surface area contributed by atoms with Gasteiger partial charge in [-0.15, -0.1) is 13.2 Å². The molecule has 6 heteroatoms. The van der Waals surface area contributed by atoms with Crippen LogP contribution in [0.5, 0.6) is 5.75 Å². The van der Waals surface area contributed by atoms with Gasteiger partial charge < -0.3 is 16.2 Å². The summed E-state index contributed by atoms with van der Waals surface area (Å²) >= 11 is 0. The van der Waals surface area contributed by atoms with Gasteiger partial charge in [0.1, 0.15) is 5.75 Å². The molecule has 0 aliphatic carbocycles. The molecule has 0 radical (unpaired) electrons. The molecule has 0 aliphatic rings. The van der Waals surface area contributed by atoms with E-state index < -0.39 is 6.36 Å². The smallest absolute Gasteiger partial charge is 0.405 e. The second-order valence-corrected chi connectivity index (χ2v) is 3.32. The van der Waals surface area contributed by atoms with E-state index in [4.69, 9.17) is 11.5 Å². The van der Waals surface area contributed by atoms with Crippen molar-refractivity contribution < 1.29 is 17.9 Å². The monoisotopic (exact) mass is 246 g/mol. The molecular formula is C11H13F3N2O. The summed E-state index contributed by atoms with van der Waals surface area (Å²) in [6, 6.07) is 3.94. The van der Waals surface area contributed by atoms with E-state index in [0.717, 1.165) is 0 Å². The lowest BCUT2D eigenvalue weighted by molar-refractivity contribution is -0.274. The van der Waals surface area contributed by atoms with Crippen molar-refractivity contribution in [3.05, 3.63) is 29.8 Å². The van der Waals surface area contributed by atoms with Gasteiger partial charge in [-0.1, -0.05) is 12.2 Å². The minimum atomic E-state index is -4.72. The molecule has 0 spiro atoms. The van der Waals surface area contributed by atoms with Crippen LogP contribution in [0, 0.1) is 0 Å². The van der Waals surface area contributed by atoms with Gasteiger partial charge in [0.15, 0.2) is 0 Å². The first kappa shape index (κ1) is 13.4. The van der Waals surface area contributed by atoms with Gasteiger partial charge in [0.05, 0.1) is 0 Å². The molecule has 0 fully saturated rings. The number of alkyl halides is 3. The quantitative estimate of drug-likeness (QED) is 0.802. The number of rotatable bonds is 4. The van der Waals surface area contributed by atoms with Crippen LogP contribution in [0.1, 0.15) is 12.0 Å².